The van der Waals surface area contributed by atoms with Gasteiger partial charge in [-0.05, 0) is 81.2 Å². The molecular weight excluding hydrogens is 580 g/mol. The van der Waals surface area contributed by atoms with E-state index in [1.54, 1.807) is 4.90 Å². The largest absolute Gasteiger partial charge is 0.378 e. The highest BCUT2D eigenvalue weighted by Gasteiger charge is 2.39. The van der Waals surface area contributed by atoms with Crippen LogP contribution in [0.2, 0.25) is 0 Å². The molecule has 0 spiro atoms. The van der Waals surface area contributed by atoms with Crippen molar-refractivity contribution in [2.75, 3.05) is 51.3 Å². The highest BCUT2D eigenvalue weighted by Crippen LogP contribution is 2.35. The van der Waals surface area contributed by atoms with Crippen LogP contribution in [-0.4, -0.2) is 84.5 Å². The van der Waals surface area contributed by atoms with Gasteiger partial charge in [-0.1, -0.05) is 13.8 Å². The molecule has 0 radical (unpaired) electrons. The third kappa shape index (κ3) is 6.02. The molecule has 10 heteroatoms. The number of amides is 4. The molecule has 1 aromatic rings. The summed E-state index contributed by atoms with van der Waals surface area (Å²) in [6.45, 7) is 8.39. The number of rotatable bonds is 4. The third-order valence-corrected chi connectivity index (χ3v) is 8.49. The SMILES string of the molecule is CC(C)c1cc(Br)c(NC(=O)N2CCC[C@H]2C(=O)N2CCC(C(=O)N3CCOCC3)CC2)c(Br)c1. The smallest absolute Gasteiger partial charge is 0.322 e. The summed E-state index contributed by atoms with van der Waals surface area (Å²) in [7, 11) is 0. The minimum absolute atomic E-state index is 0.0109. The molecule has 1 N–H and O–H groups in total. The quantitative estimate of drug-likeness (QED) is 0.545. The molecule has 0 saturated carbocycles. The highest BCUT2D eigenvalue weighted by molar-refractivity contribution is 9.11. The van der Waals surface area contributed by atoms with E-state index in [1.165, 1.54) is 0 Å². The minimum atomic E-state index is -0.464. The Kier molecular flexibility index (Phi) is 8.76. The summed E-state index contributed by atoms with van der Waals surface area (Å²) < 4.78 is 6.96. The highest BCUT2D eigenvalue weighted by atomic mass is 79.9. The van der Waals surface area contributed by atoms with Gasteiger partial charge in [-0.25, -0.2) is 4.79 Å². The van der Waals surface area contributed by atoms with Gasteiger partial charge >= 0.3 is 6.03 Å². The first-order valence-electron chi connectivity index (χ1n) is 12.5. The van der Waals surface area contributed by atoms with Crippen LogP contribution in [0, 0.1) is 5.92 Å². The molecule has 0 unspecified atom stereocenters. The van der Waals surface area contributed by atoms with Gasteiger partial charge in [0.1, 0.15) is 6.04 Å². The lowest BCUT2D eigenvalue weighted by atomic mass is 9.94. The molecule has 0 aliphatic carbocycles. The zero-order chi connectivity index (χ0) is 25.1. The zero-order valence-corrected chi connectivity index (χ0v) is 23.6. The maximum absolute atomic E-state index is 13.4. The maximum Gasteiger partial charge on any atom is 0.322 e. The maximum atomic E-state index is 13.4. The van der Waals surface area contributed by atoms with Gasteiger partial charge in [0.2, 0.25) is 11.8 Å². The summed E-state index contributed by atoms with van der Waals surface area (Å²) in [6, 6.07) is 3.30. The van der Waals surface area contributed by atoms with Gasteiger partial charge < -0.3 is 24.8 Å². The lowest BCUT2D eigenvalue weighted by Crippen LogP contribution is -2.52. The molecule has 3 heterocycles. The predicted molar refractivity (Wildman–Crippen MR) is 141 cm³/mol. The van der Waals surface area contributed by atoms with Gasteiger partial charge in [0.15, 0.2) is 0 Å². The first kappa shape index (κ1) is 26.4. The van der Waals surface area contributed by atoms with E-state index < -0.39 is 6.04 Å². The van der Waals surface area contributed by atoms with E-state index in [4.69, 9.17) is 4.74 Å². The molecule has 192 valence electrons. The van der Waals surface area contributed by atoms with Gasteiger partial charge in [-0.2, -0.15) is 0 Å². The summed E-state index contributed by atoms with van der Waals surface area (Å²) in [5.74, 6) is 0.495. The van der Waals surface area contributed by atoms with Crippen molar-refractivity contribution in [2.24, 2.45) is 5.92 Å². The Morgan fingerprint density at radius 1 is 0.914 bits per heavy atom. The molecule has 1 aromatic carbocycles. The van der Waals surface area contributed by atoms with Crippen LogP contribution in [0.3, 0.4) is 0 Å². The number of piperidine rings is 1. The molecule has 3 aliphatic heterocycles. The van der Waals surface area contributed by atoms with Crippen LogP contribution in [0.15, 0.2) is 21.1 Å². The zero-order valence-electron chi connectivity index (χ0n) is 20.4. The number of ether oxygens (including phenoxy) is 1. The average Bonchev–Trinajstić information content (AvgIpc) is 3.36. The Bertz CT molecular complexity index is 936. The lowest BCUT2D eigenvalue weighted by Gasteiger charge is -2.37. The van der Waals surface area contributed by atoms with Gasteiger partial charge in [0.05, 0.1) is 18.9 Å². The number of halogens is 2. The molecule has 3 aliphatic rings. The van der Waals surface area contributed by atoms with Crippen molar-refractivity contribution in [3.63, 3.8) is 0 Å². The van der Waals surface area contributed by atoms with Crippen LogP contribution in [0.4, 0.5) is 10.5 Å². The second-order valence-corrected chi connectivity index (χ2v) is 11.5. The molecule has 3 fully saturated rings. The van der Waals surface area contributed by atoms with E-state index >= 15 is 0 Å². The molecule has 0 bridgehead atoms. The third-order valence-electron chi connectivity index (χ3n) is 7.24. The van der Waals surface area contributed by atoms with Crippen LogP contribution in [0.25, 0.3) is 0 Å². The van der Waals surface area contributed by atoms with Gasteiger partial charge in [0, 0.05) is 47.6 Å². The van der Waals surface area contributed by atoms with Gasteiger partial charge in [-0.15, -0.1) is 0 Å². The fraction of sp³-hybridized carbons (Fsp3) is 0.640. The standard InChI is InChI=1S/C25H34Br2N4O4/c1-16(2)18-14-19(26)22(20(27)15-18)28-25(34)31-7-3-4-21(31)24(33)29-8-5-17(6-9-29)23(32)30-10-12-35-13-11-30/h14-17,21H,3-13H2,1-2H3,(H,28,34)/t21-/m0/s1. The number of urea groups is 1. The molecule has 35 heavy (non-hydrogen) atoms. The summed E-state index contributed by atoms with van der Waals surface area (Å²) in [5, 5.41) is 2.99. The molecule has 4 rings (SSSR count). The number of carbonyl (C=O) groups is 3. The topological polar surface area (TPSA) is 82.2 Å². The number of hydrogen-bond acceptors (Lipinski definition) is 4. The van der Waals surface area contributed by atoms with Crippen molar-refractivity contribution in [2.45, 2.75) is 51.5 Å². The number of carbonyl (C=O) groups excluding carboxylic acids is 3. The molecule has 4 amide bonds. The normalized spacial score (nSPS) is 21.5. The Hall–Kier alpha value is -1.65. The van der Waals surface area contributed by atoms with Crippen molar-refractivity contribution in [3.8, 4) is 0 Å². The summed E-state index contributed by atoms with van der Waals surface area (Å²) in [6.07, 6.45) is 2.80. The summed E-state index contributed by atoms with van der Waals surface area (Å²) in [5.41, 5.74) is 1.83. The second kappa shape index (κ2) is 11.6. The summed E-state index contributed by atoms with van der Waals surface area (Å²) in [4.78, 5) is 44.8. The van der Waals surface area contributed by atoms with Crippen LogP contribution in [-0.2, 0) is 14.3 Å². The van der Waals surface area contributed by atoms with E-state index in [0.717, 1.165) is 20.9 Å². The predicted octanol–water partition coefficient (Wildman–Crippen LogP) is 4.43. The van der Waals surface area contributed by atoms with Crippen molar-refractivity contribution in [1.29, 1.82) is 0 Å². The van der Waals surface area contributed by atoms with E-state index in [0.29, 0.717) is 76.8 Å². The van der Waals surface area contributed by atoms with Crippen LogP contribution in [0.1, 0.15) is 51.0 Å². The van der Waals surface area contributed by atoms with Crippen LogP contribution in [0.5, 0.6) is 0 Å². The Labute approximate surface area is 224 Å². The van der Waals surface area contributed by atoms with Crippen molar-refractivity contribution in [3.05, 3.63) is 26.6 Å². The first-order valence-corrected chi connectivity index (χ1v) is 14.1. The summed E-state index contributed by atoms with van der Waals surface area (Å²) >= 11 is 7.16. The van der Waals surface area contributed by atoms with E-state index in [-0.39, 0.29) is 23.8 Å². The van der Waals surface area contributed by atoms with E-state index in [2.05, 4.69) is 51.0 Å². The number of benzene rings is 1. The van der Waals surface area contributed by atoms with Gasteiger partial charge in [0.25, 0.3) is 0 Å². The molecule has 8 nitrogen and oxygen atoms in total. The number of nitrogens with zero attached hydrogens (tertiary/aromatic N) is 3. The number of morpholine rings is 1. The van der Waals surface area contributed by atoms with E-state index in [1.807, 2.05) is 21.9 Å². The fourth-order valence-corrected chi connectivity index (χ4v) is 6.51. The number of likely N-dealkylation sites (tertiary alicyclic amines) is 2. The van der Waals surface area contributed by atoms with Crippen molar-refractivity contribution in [1.82, 2.24) is 14.7 Å². The molecule has 1 atom stereocenters. The van der Waals surface area contributed by atoms with Crippen molar-refractivity contribution < 1.29 is 19.1 Å². The second-order valence-electron chi connectivity index (χ2n) is 9.83. The fourth-order valence-electron chi connectivity index (χ4n) is 5.09. The Balaban J connectivity index is 1.35. The Morgan fingerprint density at radius 2 is 1.51 bits per heavy atom. The minimum Gasteiger partial charge on any atom is -0.378 e. The van der Waals surface area contributed by atoms with E-state index in [9.17, 15) is 14.4 Å². The molecule has 0 aromatic heterocycles. The monoisotopic (exact) mass is 612 g/mol. The number of hydrogen-bond donors (Lipinski definition) is 1. The molecular formula is C25H34Br2N4O4. The number of anilines is 1. The molecule has 3 saturated heterocycles. The lowest BCUT2D eigenvalue weighted by molar-refractivity contribution is -0.144. The van der Waals surface area contributed by atoms with Crippen LogP contribution >= 0.6 is 31.9 Å². The Morgan fingerprint density at radius 3 is 2.11 bits per heavy atom. The average molecular weight is 614 g/mol. The van der Waals surface area contributed by atoms with Crippen molar-refractivity contribution >= 4 is 55.4 Å². The number of nitrogens with one attached hydrogen (secondary N) is 1. The van der Waals surface area contributed by atoms with Crippen LogP contribution < -0.4 is 5.32 Å². The van der Waals surface area contributed by atoms with Gasteiger partial charge in [-0.3, -0.25) is 9.59 Å². The first-order chi connectivity index (χ1) is 16.8.